The summed E-state index contributed by atoms with van der Waals surface area (Å²) in [6.07, 6.45) is 14.1. The molecule has 6 fully saturated rings. The second-order valence-electron chi connectivity index (χ2n) is 31.3. The smallest absolute Gasteiger partial charge is 0.243 e. The van der Waals surface area contributed by atoms with Gasteiger partial charge in [-0.25, -0.2) is 33.9 Å². The van der Waals surface area contributed by atoms with Crippen LogP contribution >= 0.6 is 0 Å². The van der Waals surface area contributed by atoms with Gasteiger partial charge in [0.05, 0.1) is 65.6 Å². The lowest BCUT2D eigenvalue weighted by Crippen LogP contribution is -2.73. The lowest BCUT2D eigenvalue weighted by atomic mass is 9.81. The van der Waals surface area contributed by atoms with Crippen molar-refractivity contribution in [1.82, 2.24) is 19.2 Å². The molecule has 0 atom stereocenters. The van der Waals surface area contributed by atoms with Crippen LogP contribution in [-0.4, -0.2) is 255 Å². The third kappa shape index (κ3) is 18.6. The van der Waals surface area contributed by atoms with Gasteiger partial charge < -0.3 is 43.3 Å². The molecule has 0 aromatic heterocycles. The van der Waals surface area contributed by atoms with Crippen LogP contribution in [0.2, 0.25) is 0 Å². The van der Waals surface area contributed by atoms with Crippen LogP contribution in [0.1, 0.15) is 107 Å². The summed E-state index contributed by atoms with van der Waals surface area (Å²) in [7, 11) is -4.86. The van der Waals surface area contributed by atoms with Gasteiger partial charge in [0.25, 0.3) is 0 Å². The summed E-state index contributed by atoms with van der Waals surface area (Å²) in [6, 6.07) is 26.2. The fraction of sp³-hybridized carbons (Fsp3) is 0.545. The number of hydrogen-bond donors (Lipinski definition) is 3. The molecule has 3 N–H and O–H groups in total. The molecule has 4 aromatic rings. The third-order valence-corrected chi connectivity index (χ3v) is 27.7. The Labute approximate surface area is 607 Å². The molecule has 0 aliphatic carbocycles. The SMILES string of the molecule is CCCCN1C(=CC=CC=CC2=[N+](CCCS(=O)(=O)[O-])c3ccc(S(=O)(=O)N(C)CCCC(=O)NCC(=O)Nc4ccc(CC[N+]56CC[N+](C)(CC5)CC6)cc4)cc3C2(C)C)C(C)(C)c2cc(S(=O)(=O)N(C)CCCC(=O)NCC(=O)Cc3ccc(CC[N+]45CC[N+](C)(CC4)CC5)cc3)ccc21. The van der Waals surface area contributed by atoms with Gasteiger partial charge in [0.2, 0.25) is 43.5 Å². The summed E-state index contributed by atoms with van der Waals surface area (Å²) < 4.78 is 102. The van der Waals surface area contributed by atoms with Crippen molar-refractivity contribution in [1.29, 1.82) is 0 Å². The molecule has 102 heavy (non-hydrogen) atoms. The van der Waals surface area contributed by atoms with Gasteiger partial charge in [-0.2, -0.15) is 4.58 Å². The second-order valence-corrected chi connectivity index (χ2v) is 36.9. The van der Waals surface area contributed by atoms with E-state index in [-0.39, 0.29) is 105 Å². The summed E-state index contributed by atoms with van der Waals surface area (Å²) in [5, 5.41) is 8.24. The Bertz CT molecular complexity index is 4200. The molecule has 4 aromatic carbocycles. The number of Topliss-reactive ketones (excluding diaryl/α,β-unsaturated/α-hetero) is 1. The molecule has 8 aliphatic rings. The summed E-state index contributed by atoms with van der Waals surface area (Å²) >= 11 is 0. The first-order chi connectivity index (χ1) is 48.2. The highest BCUT2D eigenvalue weighted by molar-refractivity contribution is 7.89. The highest BCUT2D eigenvalue weighted by Gasteiger charge is 2.49. The number of rotatable bonds is 35. The molecule has 0 saturated carbocycles. The van der Waals surface area contributed by atoms with E-state index in [4.69, 9.17) is 0 Å². The van der Waals surface area contributed by atoms with Crippen LogP contribution in [0.3, 0.4) is 0 Å². The Kier molecular flexibility index (Phi) is 24.3. The number of fused-ring (bicyclic) bond motifs is 8. The molecule has 554 valence electrons. The number of benzene rings is 4. The van der Waals surface area contributed by atoms with Gasteiger partial charge in [-0.3, -0.25) is 19.2 Å². The third-order valence-electron chi connectivity index (χ3n) is 23.2. The van der Waals surface area contributed by atoms with E-state index in [0.29, 0.717) is 23.5 Å². The molecule has 8 aliphatic heterocycles. The largest absolute Gasteiger partial charge is 0.748 e. The fourth-order valence-corrected chi connectivity index (χ4v) is 18.8. The number of likely N-dealkylation sites (N-methyl/N-ethyl adjacent to an activating group) is 2. The first-order valence-electron chi connectivity index (χ1n) is 36.7. The highest BCUT2D eigenvalue weighted by atomic mass is 32.2. The molecule has 8 heterocycles. The van der Waals surface area contributed by atoms with E-state index < -0.39 is 46.7 Å². The van der Waals surface area contributed by atoms with Crippen LogP contribution in [0.4, 0.5) is 17.1 Å². The summed E-state index contributed by atoms with van der Waals surface area (Å²) in [5.41, 5.74) is 7.43. The number of hydrogen-bond acceptors (Lipinski definition) is 12. The number of unbranched alkanes of at least 4 members (excludes halogenated alkanes) is 1. The zero-order valence-corrected chi connectivity index (χ0v) is 64.1. The zero-order valence-electron chi connectivity index (χ0n) is 61.7. The Morgan fingerprint density at radius 1 is 0.588 bits per heavy atom. The second kappa shape index (κ2) is 31.9. The highest BCUT2D eigenvalue weighted by Crippen LogP contribution is 2.49. The molecule has 25 heteroatoms. The van der Waals surface area contributed by atoms with E-state index >= 15 is 0 Å². The molecular weight excluding hydrogens is 1350 g/mol. The first-order valence-corrected chi connectivity index (χ1v) is 41.2. The van der Waals surface area contributed by atoms with E-state index in [1.54, 1.807) is 24.3 Å². The maximum absolute atomic E-state index is 14.2. The van der Waals surface area contributed by atoms with Crippen molar-refractivity contribution in [3.8, 4) is 0 Å². The van der Waals surface area contributed by atoms with Crippen LogP contribution in [0.25, 0.3) is 0 Å². The molecule has 22 nitrogen and oxygen atoms in total. The van der Waals surface area contributed by atoms with Crippen LogP contribution in [0.15, 0.2) is 131 Å². The van der Waals surface area contributed by atoms with Crippen molar-refractivity contribution in [3.63, 3.8) is 0 Å². The number of quaternary nitrogens is 4. The molecule has 6 saturated heterocycles. The van der Waals surface area contributed by atoms with Crippen LogP contribution in [-0.2, 0) is 79.4 Å². The zero-order chi connectivity index (χ0) is 73.5. The number of carbonyl (C=O) groups is 4. The average molecular weight is 1460 g/mol. The lowest BCUT2D eigenvalue weighted by Gasteiger charge is -2.54. The minimum Gasteiger partial charge on any atom is -0.748 e. The Morgan fingerprint density at radius 3 is 1.62 bits per heavy atom. The van der Waals surface area contributed by atoms with Crippen LogP contribution in [0, 0.1) is 0 Å². The van der Waals surface area contributed by atoms with E-state index in [0.717, 1.165) is 67.0 Å². The number of amides is 3. The molecule has 0 radical (unpaired) electrons. The summed E-state index contributed by atoms with van der Waals surface area (Å²) in [4.78, 5) is 54.0. The number of nitrogens with zero attached hydrogens (tertiary/aromatic N) is 8. The Balaban J connectivity index is 0.705. The fourth-order valence-electron chi connectivity index (χ4n) is 15.8. The monoisotopic (exact) mass is 1460 g/mol. The molecule has 4 bridgehead atoms. The quantitative estimate of drug-likeness (QED) is 0.0188. The van der Waals surface area contributed by atoms with Gasteiger partial charge in [-0.1, -0.05) is 81.8 Å². The van der Waals surface area contributed by atoms with E-state index in [2.05, 4.69) is 67.8 Å². The Morgan fingerprint density at radius 2 is 1.09 bits per heavy atom. The van der Waals surface area contributed by atoms with Gasteiger partial charge in [0.15, 0.2) is 11.5 Å². The van der Waals surface area contributed by atoms with Crippen LogP contribution < -0.4 is 20.9 Å². The van der Waals surface area contributed by atoms with E-state index in [1.165, 1.54) is 136 Å². The van der Waals surface area contributed by atoms with Crippen molar-refractivity contribution >= 4 is 76.4 Å². The minimum absolute atomic E-state index is 0.00870. The number of anilines is 2. The molecule has 0 spiro atoms. The predicted octanol–water partition coefficient (Wildman–Crippen LogP) is 6.74. The van der Waals surface area contributed by atoms with Crippen molar-refractivity contribution < 1.29 is 71.5 Å². The standard InChI is InChI=1S/C77H108N11O11S3/c1-10-11-38-83-69-32-30-65(101(96,97)81(6)36-15-20-73(90)78-58-64(89)55-62-24-22-60(23-25-62)34-40-87-48-42-85(8,43-49-87)44-50-87)56-67(69)76(2,3)71(83)18-13-12-14-19-72-77(4,5)68-57-66(31-33-70(68)84(72)39-17-54-100(93,94)95)102(98,99)82(7)37-16-21-74(91)79-59-75(92)80-63-28-26-61(27-29-63)35-41-88-51-45-86(9,46-52-88)47-53-88/h12-14,18-19,22-33,56-57H,10-11,15-17,20-21,34-55,58-59H2,1-9H3/q+1/p+3. The van der Waals surface area contributed by atoms with Gasteiger partial charge in [-0.15, -0.1) is 0 Å². The topological polar surface area (TPSA) is 243 Å². The summed E-state index contributed by atoms with van der Waals surface area (Å²) in [6.45, 7) is 28.0. The van der Waals surface area contributed by atoms with Gasteiger partial charge in [0.1, 0.15) is 85.1 Å². The molecule has 3 amide bonds. The van der Waals surface area contributed by atoms with Crippen LogP contribution in [0.5, 0.6) is 0 Å². The van der Waals surface area contributed by atoms with Crippen molar-refractivity contribution in [2.75, 3.05) is 175 Å². The number of sulfonamides is 2. The predicted molar refractivity (Wildman–Crippen MR) is 399 cm³/mol. The van der Waals surface area contributed by atoms with Crippen molar-refractivity contribution in [3.05, 3.63) is 149 Å². The van der Waals surface area contributed by atoms with Crippen molar-refractivity contribution in [2.24, 2.45) is 0 Å². The summed E-state index contributed by atoms with van der Waals surface area (Å²) in [5.74, 6) is -1.76. The molecule has 0 unspecified atom stereocenters. The van der Waals surface area contributed by atoms with Crippen molar-refractivity contribution in [2.45, 2.75) is 119 Å². The van der Waals surface area contributed by atoms with Gasteiger partial charge in [-0.05, 0) is 104 Å². The minimum atomic E-state index is -4.53. The number of carbonyl (C=O) groups excluding carboxylic acids is 4. The first kappa shape index (κ1) is 77.8. The number of nitrogens with one attached hydrogen (secondary N) is 3. The maximum atomic E-state index is 14.2. The van der Waals surface area contributed by atoms with Gasteiger partial charge >= 0.3 is 0 Å². The number of piperazine rings is 6. The number of allylic oxidation sites excluding steroid dienone is 6. The Hall–Kier alpha value is -6.78. The van der Waals surface area contributed by atoms with Gasteiger partial charge in [0, 0.05) is 118 Å². The van der Waals surface area contributed by atoms with E-state index in [9.17, 15) is 49.0 Å². The number of ketones is 1. The lowest BCUT2D eigenvalue weighted by molar-refractivity contribution is -1.07. The average Bonchev–Trinajstić information content (AvgIpc) is 1.60. The maximum Gasteiger partial charge on any atom is 0.243 e. The van der Waals surface area contributed by atoms with E-state index in [1.807, 2.05) is 91.3 Å². The molecular formula is C77H111N11O11S3+4. The molecule has 12 rings (SSSR count). The normalized spacial score (nSPS) is 23.3.